The van der Waals surface area contributed by atoms with Crippen LogP contribution in [0.1, 0.15) is 22.3 Å². The predicted molar refractivity (Wildman–Crippen MR) is 162 cm³/mol. The molecule has 230 valence electrons. The van der Waals surface area contributed by atoms with Crippen LogP contribution >= 0.6 is 0 Å². The summed E-state index contributed by atoms with van der Waals surface area (Å²) in [5.41, 5.74) is 0.797. The molecule has 0 fully saturated rings. The Morgan fingerprint density at radius 1 is 0.818 bits per heavy atom. The normalized spacial score (nSPS) is 12.3. The van der Waals surface area contributed by atoms with Crippen LogP contribution in [0.15, 0.2) is 114 Å². The lowest BCUT2D eigenvalue weighted by Crippen LogP contribution is -2.53. The van der Waals surface area contributed by atoms with E-state index in [1.54, 1.807) is 73.7 Å². The van der Waals surface area contributed by atoms with E-state index in [4.69, 9.17) is 0 Å². The molecule has 0 saturated heterocycles. The summed E-state index contributed by atoms with van der Waals surface area (Å²) in [6.07, 6.45) is -4.63. The molecule has 0 aromatic heterocycles. The van der Waals surface area contributed by atoms with Crippen molar-refractivity contribution in [2.45, 2.75) is 37.0 Å². The van der Waals surface area contributed by atoms with Crippen molar-refractivity contribution >= 4 is 27.5 Å². The van der Waals surface area contributed by atoms with E-state index >= 15 is 0 Å². The van der Waals surface area contributed by atoms with Crippen LogP contribution in [0.2, 0.25) is 0 Å². The van der Waals surface area contributed by atoms with Gasteiger partial charge in [0.2, 0.25) is 11.8 Å². The fourth-order valence-electron chi connectivity index (χ4n) is 4.70. The van der Waals surface area contributed by atoms with Crippen molar-refractivity contribution in [2.24, 2.45) is 0 Å². The zero-order valence-electron chi connectivity index (χ0n) is 24.2. The van der Waals surface area contributed by atoms with E-state index in [2.05, 4.69) is 5.32 Å². The quantitative estimate of drug-likeness (QED) is 0.236. The van der Waals surface area contributed by atoms with Crippen molar-refractivity contribution in [1.82, 2.24) is 10.2 Å². The molecule has 0 heterocycles. The molecule has 1 N–H and O–H groups in total. The number of carbonyl (C=O) groups excluding carboxylic acids is 2. The number of benzene rings is 4. The van der Waals surface area contributed by atoms with Crippen molar-refractivity contribution in [3.05, 3.63) is 131 Å². The van der Waals surface area contributed by atoms with Gasteiger partial charge >= 0.3 is 6.18 Å². The molecule has 0 radical (unpaired) electrons. The standard InChI is InChI=1S/C33H32F3N3O4S/c1-24-16-18-29(19-17-24)44(42,43)39(28-15-9-14-27(21-28)33(34,35)36)23-31(40)38(22-26-12-7-4-8-13-26)30(32(41)37-2)20-25-10-5-3-6-11-25/h3-19,21,30H,20,22-23H2,1-2H3,(H,37,41)/t30-/m0/s1. The maximum absolute atomic E-state index is 14.2. The lowest BCUT2D eigenvalue weighted by Gasteiger charge is -2.33. The van der Waals surface area contributed by atoms with Crippen molar-refractivity contribution in [3.8, 4) is 0 Å². The third-order valence-corrected chi connectivity index (χ3v) is 8.85. The summed E-state index contributed by atoms with van der Waals surface area (Å²) in [6.45, 7) is 0.857. The molecule has 44 heavy (non-hydrogen) atoms. The van der Waals surface area contributed by atoms with Crippen LogP contribution < -0.4 is 9.62 Å². The highest BCUT2D eigenvalue weighted by Gasteiger charge is 2.36. The first-order chi connectivity index (χ1) is 20.9. The third kappa shape index (κ3) is 7.84. The molecule has 0 bridgehead atoms. The summed E-state index contributed by atoms with van der Waals surface area (Å²) in [7, 11) is -3.09. The van der Waals surface area contributed by atoms with Gasteiger partial charge in [0.1, 0.15) is 12.6 Å². The Morgan fingerprint density at radius 3 is 1.98 bits per heavy atom. The number of likely N-dealkylation sites (N-methyl/N-ethyl adjacent to an activating group) is 1. The topological polar surface area (TPSA) is 86.8 Å². The average Bonchev–Trinajstić information content (AvgIpc) is 3.02. The summed E-state index contributed by atoms with van der Waals surface area (Å²) < 4.78 is 69.6. The molecule has 0 aliphatic rings. The zero-order valence-corrected chi connectivity index (χ0v) is 25.0. The minimum Gasteiger partial charge on any atom is -0.357 e. The van der Waals surface area contributed by atoms with E-state index in [9.17, 15) is 31.2 Å². The van der Waals surface area contributed by atoms with Gasteiger partial charge in [0, 0.05) is 20.0 Å². The number of carbonyl (C=O) groups is 2. The number of alkyl halides is 3. The van der Waals surface area contributed by atoms with Gasteiger partial charge in [-0.05, 0) is 48.4 Å². The van der Waals surface area contributed by atoms with Crippen molar-refractivity contribution in [3.63, 3.8) is 0 Å². The van der Waals surface area contributed by atoms with Gasteiger partial charge in [-0.25, -0.2) is 8.42 Å². The number of anilines is 1. The average molecular weight is 624 g/mol. The van der Waals surface area contributed by atoms with E-state index in [0.717, 1.165) is 23.3 Å². The maximum Gasteiger partial charge on any atom is 0.416 e. The van der Waals surface area contributed by atoms with E-state index in [-0.39, 0.29) is 23.5 Å². The van der Waals surface area contributed by atoms with Gasteiger partial charge in [-0.2, -0.15) is 13.2 Å². The van der Waals surface area contributed by atoms with Crippen molar-refractivity contribution < 1.29 is 31.2 Å². The second-order valence-corrected chi connectivity index (χ2v) is 12.1. The molecular formula is C33H32F3N3O4S. The van der Waals surface area contributed by atoms with Crippen LogP contribution in [0, 0.1) is 6.92 Å². The van der Waals surface area contributed by atoms with Gasteiger partial charge in [-0.1, -0.05) is 84.4 Å². The van der Waals surface area contributed by atoms with Gasteiger partial charge in [0.05, 0.1) is 16.1 Å². The minimum absolute atomic E-state index is 0.0500. The van der Waals surface area contributed by atoms with E-state index in [1.165, 1.54) is 30.1 Å². The Balaban J connectivity index is 1.82. The van der Waals surface area contributed by atoms with Crippen LogP contribution in [0.3, 0.4) is 0 Å². The number of hydrogen-bond donors (Lipinski definition) is 1. The van der Waals surface area contributed by atoms with Gasteiger partial charge < -0.3 is 10.2 Å². The van der Waals surface area contributed by atoms with E-state index < -0.39 is 46.2 Å². The fraction of sp³-hybridized carbons (Fsp3) is 0.212. The molecule has 0 spiro atoms. The van der Waals surface area contributed by atoms with Gasteiger partial charge in [-0.3, -0.25) is 13.9 Å². The summed E-state index contributed by atoms with van der Waals surface area (Å²) in [5.74, 6) is -1.25. The number of hydrogen-bond acceptors (Lipinski definition) is 4. The zero-order chi connectivity index (χ0) is 31.9. The highest BCUT2D eigenvalue weighted by molar-refractivity contribution is 7.92. The maximum atomic E-state index is 14.2. The molecule has 11 heteroatoms. The highest BCUT2D eigenvalue weighted by Crippen LogP contribution is 2.33. The number of aryl methyl sites for hydroxylation is 1. The molecule has 1 atom stereocenters. The number of nitrogens with one attached hydrogen (secondary N) is 1. The molecule has 0 saturated carbocycles. The minimum atomic E-state index is -4.75. The molecule has 7 nitrogen and oxygen atoms in total. The molecule has 4 rings (SSSR count). The van der Waals surface area contributed by atoms with E-state index in [1.807, 2.05) is 6.07 Å². The fourth-order valence-corrected chi connectivity index (χ4v) is 6.11. The Morgan fingerprint density at radius 2 is 1.41 bits per heavy atom. The first-order valence-corrected chi connectivity index (χ1v) is 15.2. The molecule has 4 aromatic carbocycles. The molecule has 0 unspecified atom stereocenters. The SMILES string of the molecule is CNC(=O)[C@H](Cc1ccccc1)N(Cc1ccccc1)C(=O)CN(c1cccc(C(F)(F)F)c1)S(=O)(=O)c1ccc(C)cc1. The van der Waals surface area contributed by atoms with Gasteiger partial charge in [-0.15, -0.1) is 0 Å². The second kappa shape index (κ2) is 13.8. The predicted octanol–water partition coefficient (Wildman–Crippen LogP) is 5.60. The Hall–Kier alpha value is -4.64. The van der Waals surface area contributed by atoms with Gasteiger partial charge in [0.15, 0.2) is 0 Å². The van der Waals surface area contributed by atoms with Crippen LogP contribution in [0.4, 0.5) is 18.9 Å². The monoisotopic (exact) mass is 623 g/mol. The van der Waals surface area contributed by atoms with E-state index in [0.29, 0.717) is 15.9 Å². The Labute approximate surface area is 255 Å². The molecule has 4 aromatic rings. The number of rotatable bonds is 11. The Bertz CT molecular complexity index is 1680. The number of amides is 2. The first-order valence-electron chi connectivity index (χ1n) is 13.8. The van der Waals surface area contributed by atoms with Crippen LogP contribution in [0.5, 0.6) is 0 Å². The number of nitrogens with zero attached hydrogens (tertiary/aromatic N) is 2. The Kier molecular flexibility index (Phi) is 10.1. The summed E-state index contributed by atoms with van der Waals surface area (Å²) >= 11 is 0. The lowest BCUT2D eigenvalue weighted by atomic mass is 10.0. The molecule has 0 aliphatic heterocycles. The van der Waals surface area contributed by atoms with Crippen LogP contribution in [-0.4, -0.2) is 44.8 Å². The molecule has 2 amide bonds. The second-order valence-electron chi connectivity index (χ2n) is 10.2. The first kappa shape index (κ1) is 32.3. The molecule has 0 aliphatic carbocycles. The summed E-state index contributed by atoms with van der Waals surface area (Å²) in [5, 5.41) is 2.59. The smallest absolute Gasteiger partial charge is 0.357 e. The van der Waals surface area contributed by atoms with Crippen molar-refractivity contribution in [1.29, 1.82) is 0 Å². The van der Waals surface area contributed by atoms with Crippen LogP contribution in [0.25, 0.3) is 0 Å². The lowest BCUT2D eigenvalue weighted by molar-refractivity contribution is -0.139. The number of sulfonamides is 1. The van der Waals surface area contributed by atoms with Crippen LogP contribution in [-0.2, 0) is 38.8 Å². The van der Waals surface area contributed by atoms with Gasteiger partial charge in [0.25, 0.3) is 10.0 Å². The summed E-state index contributed by atoms with van der Waals surface area (Å²) in [6, 6.07) is 26.4. The largest absolute Gasteiger partial charge is 0.416 e. The third-order valence-electron chi connectivity index (χ3n) is 7.06. The highest BCUT2D eigenvalue weighted by atomic mass is 32.2. The number of halogens is 3. The summed E-state index contributed by atoms with van der Waals surface area (Å²) in [4.78, 5) is 28.5. The van der Waals surface area contributed by atoms with Crippen molar-refractivity contribution in [2.75, 3.05) is 17.9 Å². The molecular weight excluding hydrogens is 591 g/mol.